The van der Waals surface area contributed by atoms with Crippen LogP contribution in [-0.2, 0) is 16.1 Å². The Kier molecular flexibility index (Phi) is 5.85. The summed E-state index contributed by atoms with van der Waals surface area (Å²) in [7, 11) is 0. The predicted octanol–water partition coefficient (Wildman–Crippen LogP) is 4.36. The molecule has 0 N–H and O–H groups in total. The van der Waals surface area contributed by atoms with Crippen molar-refractivity contribution in [3.8, 4) is 0 Å². The molecule has 5 heteroatoms. The average Bonchev–Trinajstić information content (AvgIpc) is 3.00. The summed E-state index contributed by atoms with van der Waals surface area (Å²) in [5.41, 5.74) is 3.83. The molecule has 2 aromatic carbocycles. The molecular weight excluding hydrogens is 360 g/mol. The Labute approximate surface area is 165 Å². The fourth-order valence-corrected chi connectivity index (χ4v) is 4.17. The molecule has 1 atom stereocenters. The van der Waals surface area contributed by atoms with Crippen molar-refractivity contribution in [3.63, 3.8) is 0 Å². The van der Waals surface area contributed by atoms with Gasteiger partial charge in [0.1, 0.15) is 0 Å². The zero-order valence-electron chi connectivity index (χ0n) is 16.0. The minimum Gasteiger partial charge on any atom is -0.338 e. The van der Waals surface area contributed by atoms with E-state index in [-0.39, 0.29) is 24.2 Å². The van der Waals surface area contributed by atoms with Crippen LogP contribution in [0.5, 0.6) is 0 Å². The summed E-state index contributed by atoms with van der Waals surface area (Å²) in [4.78, 5) is 29.2. The molecule has 1 saturated heterocycles. The number of anilines is 1. The summed E-state index contributed by atoms with van der Waals surface area (Å²) >= 11 is 6.42. The van der Waals surface area contributed by atoms with Crippen LogP contribution in [0.15, 0.2) is 42.5 Å². The SMILES string of the molecule is CCN(Cc1ccccc1)C(=O)C1CC(=O)N(c2c(C)cc(C)cc2Cl)C1. The number of carbonyl (C=O) groups excluding carboxylic acids is 2. The van der Waals surface area contributed by atoms with Crippen molar-refractivity contribution >= 4 is 29.1 Å². The first-order valence-corrected chi connectivity index (χ1v) is 9.68. The van der Waals surface area contributed by atoms with Gasteiger partial charge in [-0.1, -0.05) is 48.0 Å². The van der Waals surface area contributed by atoms with Crippen molar-refractivity contribution in [2.75, 3.05) is 18.0 Å². The molecule has 0 aliphatic carbocycles. The molecule has 1 fully saturated rings. The lowest BCUT2D eigenvalue weighted by Gasteiger charge is -2.25. The number of aryl methyl sites for hydroxylation is 2. The number of halogens is 1. The van der Waals surface area contributed by atoms with E-state index in [2.05, 4.69) is 0 Å². The van der Waals surface area contributed by atoms with Crippen LogP contribution in [0, 0.1) is 19.8 Å². The summed E-state index contributed by atoms with van der Waals surface area (Å²) in [6, 6.07) is 13.8. The summed E-state index contributed by atoms with van der Waals surface area (Å²) in [6.07, 6.45) is 0.230. The molecule has 0 radical (unpaired) electrons. The van der Waals surface area contributed by atoms with Crippen LogP contribution in [-0.4, -0.2) is 29.8 Å². The second-order valence-corrected chi connectivity index (χ2v) is 7.56. The molecule has 4 nitrogen and oxygen atoms in total. The van der Waals surface area contributed by atoms with Gasteiger partial charge in [0.25, 0.3) is 0 Å². The first-order valence-electron chi connectivity index (χ1n) is 9.30. The quantitative estimate of drug-likeness (QED) is 0.768. The number of amides is 2. The van der Waals surface area contributed by atoms with Gasteiger partial charge in [-0.15, -0.1) is 0 Å². The van der Waals surface area contributed by atoms with E-state index in [0.717, 1.165) is 22.4 Å². The lowest BCUT2D eigenvalue weighted by Crippen LogP contribution is -2.37. The molecule has 0 bridgehead atoms. The first-order chi connectivity index (χ1) is 12.9. The maximum absolute atomic E-state index is 13.0. The van der Waals surface area contributed by atoms with Crippen molar-refractivity contribution in [2.24, 2.45) is 5.92 Å². The molecule has 2 aromatic rings. The zero-order chi connectivity index (χ0) is 19.6. The summed E-state index contributed by atoms with van der Waals surface area (Å²) < 4.78 is 0. The number of carbonyl (C=O) groups is 2. The lowest BCUT2D eigenvalue weighted by molar-refractivity contribution is -0.136. The number of hydrogen-bond donors (Lipinski definition) is 0. The minimum atomic E-state index is -0.335. The molecule has 0 aromatic heterocycles. The summed E-state index contributed by atoms with van der Waals surface area (Å²) in [6.45, 7) is 7.45. The number of hydrogen-bond acceptors (Lipinski definition) is 2. The summed E-state index contributed by atoms with van der Waals surface area (Å²) in [5.74, 6) is -0.353. The van der Waals surface area contributed by atoms with Gasteiger partial charge in [-0.05, 0) is 43.5 Å². The fraction of sp³-hybridized carbons (Fsp3) is 0.364. The van der Waals surface area contributed by atoms with Crippen LogP contribution < -0.4 is 4.90 Å². The molecule has 1 aliphatic heterocycles. The van der Waals surface area contributed by atoms with E-state index in [1.54, 1.807) is 4.90 Å². The van der Waals surface area contributed by atoms with Crippen LogP contribution in [0.2, 0.25) is 5.02 Å². The monoisotopic (exact) mass is 384 g/mol. The third-order valence-corrected chi connectivity index (χ3v) is 5.34. The van der Waals surface area contributed by atoms with Crippen molar-refractivity contribution in [1.82, 2.24) is 4.90 Å². The highest BCUT2D eigenvalue weighted by Crippen LogP contribution is 2.35. The smallest absolute Gasteiger partial charge is 0.228 e. The van der Waals surface area contributed by atoms with Crippen molar-refractivity contribution in [1.29, 1.82) is 0 Å². The Balaban J connectivity index is 1.77. The molecule has 1 aliphatic rings. The Morgan fingerprint density at radius 2 is 1.93 bits per heavy atom. The Morgan fingerprint density at radius 1 is 1.22 bits per heavy atom. The largest absolute Gasteiger partial charge is 0.338 e. The standard InChI is InChI=1S/C22H25ClN2O2/c1-4-24(13-17-8-6-5-7-9-17)22(27)18-12-20(26)25(14-18)21-16(3)10-15(2)11-19(21)23/h5-11,18H,4,12-14H2,1-3H3. The molecule has 3 rings (SSSR count). The van der Waals surface area contributed by atoms with Crippen LogP contribution in [0.4, 0.5) is 5.69 Å². The third-order valence-electron chi connectivity index (χ3n) is 5.05. The van der Waals surface area contributed by atoms with Gasteiger partial charge >= 0.3 is 0 Å². The van der Waals surface area contributed by atoms with E-state index in [9.17, 15) is 9.59 Å². The third kappa shape index (κ3) is 4.16. The molecule has 1 unspecified atom stereocenters. The van der Waals surface area contributed by atoms with Gasteiger partial charge in [-0.2, -0.15) is 0 Å². The molecule has 27 heavy (non-hydrogen) atoms. The molecule has 142 valence electrons. The molecule has 0 spiro atoms. The second kappa shape index (κ2) is 8.13. The van der Waals surface area contributed by atoms with Crippen molar-refractivity contribution in [2.45, 2.75) is 33.7 Å². The van der Waals surface area contributed by atoms with Crippen LogP contribution in [0.1, 0.15) is 30.0 Å². The van der Waals surface area contributed by atoms with Crippen molar-refractivity contribution in [3.05, 3.63) is 64.2 Å². The normalized spacial score (nSPS) is 16.7. The van der Waals surface area contributed by atoms with E-state index in [1.807, 2.05) is 68.1 Å². The van der Waals surface area contributed by atoms with E-state index in [4.69, 9.17) is 11.6 Å². The topological polar surface area (TPSA) is 40.6 Å². The van der Waals surface area contributed by atoms with Gasteiger partial charge in [0, 0.05) is 26.1 Å². The lowest BCUT2D eigenvalue weighted by atomic mass is 10.1. The van der Waals surface area contributed by atoms with Gasteiger partial charge in [0.2, 0.25) is 11.8 Å². The van der Waals surface area contributed by atoms with Gasteiger partial charge in [0.05, 0.1) is 16.6 Å². The van der Waals surface area contributed by atoms with Crippen LogP contribution >= 0.6 is 11.6 Å². The highest BCUT2D eigenvalue weighted by molar-refractivity contribution is 6.34. The Bertz CT molecular complexity index is 828. The minimum absolute atomic E-state index is 0.0260. The van der Waals surface area contributed by atoms with Gasteiger partial charge < -0.3 is 9.80 Å². The van der Waals surface area contributed by atoms with E-state index in [1.165, 1.54) is 0 Å². The van der Waals surface area contributed by atoms with Crippen LogP contribution in [0.25, 0.3) is 0 Å². The number of nitrogens with zero attached hydrogens (tertiary/aromatic N) is 2. The number of rotatable bonds is 5. The van der Waals surface area contributed by atoms with E-state index in [0.29, 0.717) is 24.7 Å². The fourth-order valence-electron chi connectivity index (χ4n) is 3.75. The predicted molar refractivity (Wildman–Crippen MR) is 109 cm³/mol. The molecule has 0 saturated carbocycles. The highest BCUT2D eigenvalue weighted by Gasteiger charge is 2.38. The van der Waals surface area contributed by atoms with E-state index >= 15 is 0 Å². The van der Waals surface area contributed by atoms with Crippen molar-refractivity contribution < 1.29 is 9.59 Å². The Morgan fingerprint density at radius 3 is 2.56 bits per heavy atom. The van der Waals surface area contributed by atoms with Gasteiger partial charge in [0.15, 0.2) is 0 Å². The molecular formula is C22H25ClN2O2. The number of benzene rings is 2. The van der Waals surface area contributed by atoms with Crippen LogP contribution in [0.3, 0.4) is 0 Å². The first kappa shape index (κ1) is 19.4. The summed E-state index contributed by atoms with van der Waals surface area (Å²) in [5, 5.41) is 0.561. The molecule has 1 heterocycles. The average molecular weight is 385 g/mol. The maximum atomic E-state index is 13.0. The molecule has 2 amide bonds. The highest BCUT2D eigenvalue weighted by atomic mass is 35.5. The Hall–Kier alpha value is -2.33. The maximum Gasteiger partial charge on any atom is 0.228 e. The van der Waals surface area contributed by atoms with E-state index < -0.39 is 0 Å². The zero-order valence-corrected chi connectivity index (χ0v) is 16.8. The van der Waals surface area contributed by atoms with Gasteiger partial charge in [-0.25, -0.2) is 0 Å². The van der Waals surface area contributed by atoms with Gasteiger partial charge in [-0.3, -0.25) is 9.59 Å². The second-order valence-electron chi connectivity index (χ2n) is 7.16.